The maximum atomic E-state index is 12.3. The van der Waals surface area contributed by atoms with Gasteiger partial charge in [-0.25, -0.2) is 4.98 Å². The Balaban J connectivity index is 1.71. The van der Waals surface area contributed by atoms with E-state index in [9.17, 15) is 4.79 Å². The Morgan fingerprint density at radius 1 is 1.26 bits per heavy atom. The van der Waals surface area contributed by atoms with Crippen LogP contribution >= 0.6 is 0 Å². The molecule has 1 aromatic heterocycles. The fourth-order valence-electron chi connectivity index (χ4n) is 3.19. The summed E-state index contributed by atoms with van der Waals surface area (Å²) in [6, 6.07) is 10.4. The van der Waals surface area contributed by atoms with Crippen LogP contribution in [0, 0.1) is 0 Å². The highest BCUT2D eigenvalue weighted by atomic mass is 16.2. The predicted molar refractivity (Wildman–Crippen MR) is 89.9 cm³/mol. The van der Waals surface area contributed by atoms with Crippen molar-refractivity contribution in [3.05, 3.63) is 54.1 Å². The first kappa shape index (κ1) is 15.7. The van der Waals surface area contributed by atoms with Gasteiger partial charge in [0, 0.05) is 33.0 Å². The number of nitrogens with zero attached hydrogens (tertiary/aromatic N) is 4. The van der Waals surface area contributed by atoms with Crippen molar-refractivity contribution in [1.29, 1.82) is 0 Å². The molecule has 0 N–H and O–H groups in total. The zero-order valence-corrected chi connectivity index (χ0v) is 13.9. The maximum absolute atomic E-state index is 12.3. The molecule has 2 aromatic rings. The maximum Gasteiger partial charge on any atom is 0.239 e. The van der Waals surface area contributed by atoms with Crippen LogP contribution in [0.25, 0.3) is 0 Å². The number of likely N-dealkylation sites (tertiary alicyclic amines) is 1. The molecule has 0 saturated carbocycles. The third kappa shape index (κ3) is 3.62. The van der Waals surface area contributed by atoms with Crippen LogP contribution in [0.4, 0.5) is 0 Å². The highest BCUT2D eigenvalue weighted by Gasteiger charge is 2.32. The van der Waals surface area contributed by atoms with E-state index in [0.29, 0.717) is 0 Å². The van der Waals surface area contributed by atoms with Gasteiger partial charge in [0.1, 0.15) is 5.82 Å². The van der Waals surface area contributed by atoms with E-state index in [0.717, 1.165) is 38.3 Å². The average Bonchev–Trinajstić information content (AvgIpc) is 3.18. The van der Waals surface area contributed by atoms with Gasteiger partial charge in [-0.1, -0.05) is 30.3 Å². The van der Waals surface area contributed by atoms with E-state index in [1.165, 1.54) is 5.56 Å². The molecule has 0 bridgehead atoms. The van der Waals surface area contributed by atoms with Gasteiger partial charge in [-0.3, -0.25) is 9.69 Å². The molecular formula is C18H24N4O. The summed E-state index contributed by atoms with van der Waals surface area (Å²) in [6.07, 6.45) is 5.87. The Bertz CT molecular complexity index is 650. The van der Waals surface area contributed by atoms with Gasteiger partial charge in [0.15, 0.2) is 0 Å². The summed E-state index contributed by atoms with van der Waals surface area (Å²) in [6.45, 7) is 2.50. The van der Waals surface area contributed by atoms with E-state index in [1.807, 2.05) is 32.6 Å². The summed E-state index contributed by atoms with van der Waals surface area (Å²) in [4.78, 5) is 20.8. The lowest BCUT2D eigenvalue weighted by molar-refractivity contribution is -0.133. The number of likely N-dealkylation sites (N-methyl/N-ethyl adjacent to an activating group) is 1. The van der Waals surface area contributed by atoms with Crippen molar-refractivity contribution in [1.82, 2.24) is 19.4 Å². The summed E-state index contributed by atoms with van der Waals surface area (Å²) >= 11 is 0. The predicted octanol–water partition coefficient (Wildman–Crippen LogP) is 1.98. The van der Waals surface area contributed by atoms with Crippen LogP contribution in [-0.2, 0) is 17.9 Å². The second-order valence-electron chi connectivity index (χ2n) is 6.32. The van der Waals surface area contributed by atoms with Crippen LogP contribution < -0.4 is 0 Å². The number of aromatic nitrogens is 2. The van der Waals surface area contributed by atoms with Gasteiger partial charge >= 0.3 is 0 Å². The lowest BCUT2D eigenvalue weighted by Gasteiger charge is -2.26. The molecule has 1 aliphatic rings. The monoisotopic (exact) mass is 312 g/mol. The number of benzene rings is 1. The molecule has 3 rings (SSSR count). The molecule has 5 nitrogen and oxygen atoms in total. The largest absolute Gasteiger partial charge is 0.347 e. The standard InChI is InChI=1S/C18H24N4O/c1-20(2)18(23)16-9-6-11-21(16)14-17-19-10-12-22(17)13-15-7-4-3-5-8-15/h3-5,7-8,10,12,16H,6,9,11,13-14H2,1-2H3. The molecule has 1 saturated heterocycles. The summed E-state index contributed by atoms with van der Waals surface area (Å²) in [5.74, 6) is 1.22. The molecule has 1 fully saturated rings. The Morgan fingerprint density at radius 3 is 2.78 bits per heavy atom. The van der Waals surface area contributed by atoms with Crippen molar-refractivity contribution >= 4 is 5.91 Å². The third-order valence-corrected chi connectivity index (χ3v) is 4.43. The summed E-state index contributed by atoms with van der Waals surface area (Å²) in [7, 11) is 3.66. The normalized spacial score (nSPS) is 18.3. The molecule has 1 atom stereocenters. The lowest BCUT2D eigenvalue weighted by atomic mass is 10.2. The van der Waals surface area contributed by atoms with E-state index in [2.05, 4.69) is 38.7 Å². The molecule has 1 amide bonds. The van der Waals surface area contributed by atoms with Gasteiger partial charge in [-0.15, -0.1) is 0 Å². The van der Waals surface area contributed by atoms with Gasteiger partial charge in [-0.05, 0) is 24.9 Å². The van der Waals surface area contributed by atoms with Crippen LogP contribution in [0.3, 0.4) is 0 Å². The van der Waals surface area contributed by atoms with E-state index < -0.39 is 0 Å². The van der Waals surface area contributed by atoms with Gasteiger partial charge in [-0.2, -0.15) is 0 Å². The minimum Gasteiger partial charge on any atom is -0.347 e. The first-order chi connectivity index (χ1) is 11.1. The first-order valence-corrected chi connectivity index (χ1v) is 8.14. The summed E-state index contributed by atoms with van der Waals surface area (Å²) < 4.78 is 2.17. The van der Waals surface area contributed by atoms with E-state index in [4.69, 9.17) is 0 Å². The van der Waals surface area contributed by atoms with Crippen LogP contribution in [0.15, 0.2) is 42.7 Å². The topological polar surface area (TPSA) is 41.4 Å². The van der Waals surface area contributed by atoms with Crippen LogP contribution in [0.2, 0.25) is 0 Å². The summed E-state index contributed by atoms with van der Waals surface area (Å²) in [5, 5.41) is 0. The number of carbonyl (C=O) groups excluding carboxylic acids is 1. The molecule has 1 unspecified atom stereocenters. The Morgan fingerprint density at radius 2 is 2.04 bits per heavy atom. The van der Waals surface area contributed by atoms with Crippen LogP contribution in [0.5, 0.6) is 0 Å². The highest BCUT2D eigenvalue weighted by Crippen LogP contribution is 2.21. The Hall–Kier alpha value is -2.14. The van der Waals surface area contributed by atoms with Crippen molar-refractivity contribution < 1.29 is 4.79 Å². The molecule has 122 valence electrons. The van der Waals surface area contributed by atoms with Crippen molar-refractivity contribution in [2.45, 2.75) is 32.0 Å². The van der Waals surface area contributed by atoms with E-state index in [1.54, 1.807) is 4.90 Å². The van der Waals surface area contributed by atoms with Gasteiger partial charge in [0.2, 0.25) is 5.91 Å². The fraction of sp³-hybridized carbons (Fsp3) is 0.444. The van der Waals surface area contributed by atoms with Crippen molar-refractivity contribution in [2.75, 3.05) is 20.6 Å². The van der Waals surface area contributed by atoms with Crippen molar-refractivity contribution in [3.63, 3.8) is 0 Å². The minimum absolute atomic E-state index is 0.00752. The lowest BCUT2D eigenvalue weighted by Crippen LogP contribution is -2.42. The SMILES string of the molecule is CN(C)C(=O)C1CCCN1Cc1nccn1Cc1ccccc1. The molecule has 0 aliphatic carbocycles. The number of rotatable bonds is 5. The number of carbonyl (C=O) groups is 1. The zero-order chi connectivity index (χ0) is 16.2. The molecule has 2 heterocycles. The van der Waals surface area contributed by atoms with Crippen molar-refractivity contribution in [3.8, 4) is 0 Å². The smallest absolute Gasteiger partial charge is 0.239 e. The van der Waals surface area contributed by atoms with Gasteiger partial charge in [0.05, 0.1) is 12.6 Å². The van der Waals surface area contributed by atoms with Crippen LogP contribution in [-0.4, -0.2) is 51.9 Å². The Labute approximate surface area is 137 Å². The van der Waals surface area contributed by atoms with Crippen molar-refractivity contribution in [2.24, 2.45) is 0 Å². The molecular weight excluding hydrogens is 288 g/mol. The zero-order valence-electron chi connectivity index (χ0n) is 13.9. The van der Waals surface area contributed by atoms with Gasteiger partial charge in [0.25, 0.3) is 0 Å². The summed E-state index contributed by atoms with van der Waals surface area (Å²) in [5.41, 5.74) is 1.26. The molecule has 0 radical (unpaired) electrons. The second-order valence-corrected chi connectivity index (χ2v) is 6.32. The third-order valence-electron chi connectivity index (χ3n) is 4.43. The first-order valence-electron chi connectivity index (χ1n) is 8.14. The number of imidazole rings is 1. The number of amides is 1. The molecule has 23 heavy (non-hydrogen) atoms. The minimum atomic E-state index is -0.00752. The average molecular weight is 312 g/mol. The quantitative estimate of drug-likeness (QED) is 0.848. The van der Waals surface area contributed by atoms with Gasteiger partial charge < -0.3 is 9.47 Å². The number of hydrogen-bond acceptors (Lipinski definition) is 3. The molecule has 5 heteroatoms. The van der Waals surface area contributed by atoms with E-state index in [-0.39, 0.29) is 11.9 Å². The molecule has 1 aliphatic heterocycles. The highest BCUT2D eigenvalue weighted by molar-refractivity contribution is 5.81. The van der Waals surface area contributed by atoms with Crippen LogP contribution in [0.1, 0.15) is 24.2 Å². The second kappa shape index (κ2) is 6.96. The fourth-order valence-corrected chi connectivity index (χ4v) is 3.19. The number of hydrogen-bond donors (Lipinski definition) is 0. The Kier molecular flexibility index (Phi) is 4.76. The van der Waals surface area contributed by atoms with E-state index >= 15 is 0 Å². The molecule has 0 spiro atoms. The molecule has 1 aromatic carbocycles.